The fourth-order valence-corrected chi connectivity index (χ4v) is 3.88. The maximum absolute atomic E-state index is 12.9. The fourth-order valence-electron chi connectivity index (χ4n) is 2.32. The van der Waals surface area contributed by atoms with Gasteiger partial charge >= 0.3 is 0 Å². The predicted octanol–water partition coefficient (Wildman–Crippen LogP) is 4.46. The predicted molar refractivity (Wildman–Crippen MR) is 95.8 cm³/mol. The van der Waals surface area contributed by atoms with E-state index >= 15 is 0 Å². The molecule has 0 bridgehead atoms. The van der Waals surface area contributed by atoms with Gasteiger partial charge in [0.15, 0.2) is 11.5 Å². The van der Waals surface area contributed by atoms with E-state index in [4.69, 9.17) is 16.3 Å². The highest BCUT2D eigenvalue weighted by Gasteiger charge is 2.24. The van der Waals surface area contributed by atoms with Crippen LogP contribution in [0.5, 0.6) is 11.5 Å². The van der Waals surface area contributed by atoms with Gasteiger partial charge in [-0.15, -0.1) is 0 Å². The average molecular weight is 375 g/mol. The molecule has 0 aliphatic rings. The normalized spacial score (nSPS) is 11.2. The highest BCUT2D eigenvalue weighted by molar-refractivity contribution is 7.91. The van der Waals surface area contributed by atoms with Crippen molar-refractivity contribution in [3.63, 3.8) is 0 Å². The molecule has 3 aromatic rings. The largest absolute Gasteiger partial charge is 0.504 e. The van der Waals surface area contributed by atoms with Crippen molar-refractivity contribution in [1.29, 1.82) is 0 Å². The standard InChI is InChI=1S/C19H15ClO4S/c20-15-11-9-14(10-12-15)13-24-19-17(21)7-4-8-18(19)25(22,23)16-5-2-1-3-6-16/h1-12,21H,13H2. The molecule has 0 fully saturated rings. The average Bonchev–Trinajstić information content (AvgIpc) is 2.62. The third-order valence-electron chi connectivity index (χ3n) is 3.60. The first kappa shape index (κ1) is 17.3. The fraction of sp³-hybridized carbons (Fsp3) is 0.0526. The van der Waals surface area contributed by atoms with Crippen LogP contribution in [0.4, 0.5) is 0 Å². The number of sulfone groups is 1. The Kier molecular flexibility index (Phi) is 4.97. The number of phenolic OH excluding ortho intramolecular Hbond substituents is 1. The van der Waals surface area contributed by atoms with Crippen LogP contribution in [0.3, 0.4) is 0 Å². The number of aromatic hydroxyl groups is 1. The number of halogens is 1. The molecule has 0 atom stereocenters. The van der Waals surface area contributed by atoms with Crippen molar-refractivity contribution in [1.82, 2.24) is 0 Å². The minimum Gasteiger partial charge on any atom is -0.504 e. The van der Waals surface area contributed by atoms with Crippen molar-refractivity contribution < 1.29 is 18.3 Å². The van der Waals surface area contributed by atoms with E-state index in [1.165, 1.54) is 30.3 Å². The third kappa shape index (κ3) is 3.78. The third-order valence-corrected chi connectivity index (χ3v) is 5.64. The summed E-state index contributed by atoms with van der Waals surface area (Å²) < 4.78 is 31.3. The van der Waals surface area contributed by atoms with Gasteiger partial charge in [-0.2, -0.15) is 0 Å². The molecule has 0 aromatic heterocycles. The number of benzene rings is 3. The van der Waals surface area contributed by atoms with E-state index in [0.29, 0.717) is 5.02 Å². The van der Waals surface area contributed by atoms with Crippen LogP contribution >= 0.6 is 11.6 Å². The summed E-state index contributed by atoms with van der Waals surface area (Å²) in [6.07, 6.45) is 0. The van der Waals surface area contributed by atoms with Crippen LogP contribution in [0.15, 0.2) is 82.6 Å². The van der Waals surface area contributed by atoms with E-state index in [2.05, 4.69) is 0 Å². The van der Waals surface area contributed by atoms with Gasteiger partial charge in [0.25, 0.3) is 0 Å². The Balaban J connectivity index is 1.96. The lowest BCUT2D eigenvalue weighted by Gasteiger charge is -2.13. The van der Waals surface area contributed by atoms with Gasteiger partial charge in [-0.3, -0.25) is 0 Å². The lowest BCUT2D eigenvalue weighted by atomic mass is 10.2. The van der Waals surface area contributed by atoms with Gasteiger partial charge in [-0.1, -0.05) is 48.0 Å². The Bertz CT molecular complexity index is 968. The summed E-state index contributed by atoms with van der Waals surface area (Å²) >= 11 is 5.85. The number of ether oxygens (including phenoxy) is 1. The summed E-state index contributed by atoms with van der Waals surface area (Å²) in [4.78, 5) is 0.0598. The van der Waals surface area contributed by atoms with Crippen molar-refractivity contribution in [2.45, 2.75) is 16.4 Å². The zero-order valence-electron chi connectivity index (χ0n) is 13.1. The number of phenols is 1. The summed E-state index contributed by atoms with van der Waals surface area (Å²) in [6.45, 7) is 0.103. The quantitative estimate of drug-likeness (QED) is 0.716. The first-order valence-corrected chi connectivity index (χ1v) is 9.34. The maximum Gasteiger partial charge on any atom is 0.210 e. The van der Waals surface area contributed by atoms with E-state index in [0.717, 1.165) is 5.56 Å². The molecule has 0 radical (unpaired) electrons. The van der Waals surface area contributed by atoms with Crippen molar-refractivity contribution in [2.75, 3.05) is 0 Å². The van der Waals surface area contributed by atoms with Gasteiger partial charge in [0.1, 0.15) is 11.5 Å². The van der Waals surface area contributed by atoms with Crippen LogP contribution in [0.25, 0.3) is 0 Å². The molecule has 3 rings (SSSR count). The zero-order chi connectivity index (χ0) is 17.9. The molecule has 0 amide bonds. The Morgan fingerprint density at radius 3 is 2.24 bits per heavy atom. The molecule has 0 saturated carbocycles. The molecule has 0 aliphatic carbocycles. The van der Waals surface area contributed by atoms with Crippen LogP contribution in [-0.2, 0) is 16.4 Å². The second kappa shape index (κ2) is 7.17. The van der Waals surface area contributed by atoms with Gasteiger partial charge in [0, 0.05) is 5.02 Å². The number of rotatable bonds is 5. The van der Waals surface area contributed by atoms with E-state index in [1.54, 1.807) is 42.5 Å². The molecule has 6 heteroatoms. The summed E-state index contributed by atoms with van der Waals surface area (Å²) in [5.74, 6) is -0.299. The Labute approximate surface area is 151 Å². The van der Waals surface area contributed by atoms with E-state index in [1.807, 2.05) is 0 Å². The minimum absolute atomic E-state index is 0.0682. The smallest absolute Gasteiger partial charge is 0.210 e. The zero-order valence-corrected chi connectivity index (χ0v) is 14.7. The summed E-state index contributed by atoms with van der Waals surface area (Å²) in [7, 11) is -3.81. The SMILES string of the molecule is O=S(=O)(c1ccccc1)c1cccc(O)c1OCc1ccc(Cl)cc1. The van der Waals surface area contributed by atoms with Crippen molar-refractivity contribution in [3.05, 3.63) is 83.4 Å². The molecular weight excluding hydrogens is 360 g/mol. The molecule has 0 heterocycles. The molecular formula is C19H15ClO4S. The van der Waals surface area contributed by atoms with Crippen LogP contribution in [0, 0.1) is 0 Å². The second-order valence-corrected chi connectivity index (χ2v) is 7.69. The molecule has 0 saturated heterocycles. The molecule has 128 valence electrons. The summed E-state index contributed by atoms with van der Waals surface area (Å²) in [5, 5.41) is 10.7. The van der Waals surface area contributed by atoms with Crippen molar-refractivity contribution in [3.8, 4) is 11.5 Å². The molecule has 4 nitrogen and oxygen atoms in total. The first-order valence-electron chi connectivity index (χ1n) is 7.48. The van der Waals surface area contributed by atoms with Crippen LogP contribution in [-0.4, -0.2) is 13.5 Å². The molecule has 3 aromatic carbocycles. The number of hydrogen-bond acceptors (Lipinski definition) is 4. The Morgan fingerprint density at radius 1 is 0.880 bits per heavy atom. The molecule has 0 aliphatic heterocycles. The van der Waals surface area contributed by atoms with E-state index < -0.39 is 9.84 Å². The van der Waals surface area contributed by atoms with Crippen LogP contribution in [0.1, 0.15) is 5.56 Å². The highest BCUT2D eigenvalue weighted by atomic mass is 35.5. The summed E-state index contributed by atoms with van der Waals surface area (Å²) in [6, 6.07) is 19.3. The number of hydrogen-bond donors (Lipinski definition) is 1. The topological polar surface area (TPSA) is 63.6 Å². The lowest BCUT2D eigenvalue weighted by Crippen LogP contribution is -2.06. The van der Waals surface area contributed by atoms with Gasteiger partial charge < -0.3 is 9.84 Å². The monoisotopic (exact) mass is 374 g/mol. The Morgan fingerprint density at radius 2 is 1.56 bits per heavy atom. The molecule has 1 N–H and O–H groups in total. The van der Waals surface area contributed by atoms with Crippen molar-refractivity contribution in [2.24, 2.45) is 0 Å². The van der Waals surface area contributed by atoms with Gasteiger partial charge in [-0.25, -0.2) is 8.42 Å². The first-order chi connectivity index (χ1) is 12.0. The van der Waals surface area contributed by atoms with Gasteiger partial charge in [0.05, 0.1) is 4.90 Å². The van der Waals surface area contributed by atoms with Gasteiger partial charge in [-0.05, 0) is 42.0 Å². The van der Waals surface area contributed by atoms with Crippen LogP contribution < -0.4 is 4.74 Å². The van der Waals surface area contributed by atoms with Crippen molar-refractivity contribution >= 4 is 21.4 Å². The number of para-hydroxylation sites is 1. The van der Waals surface area contributed by atoms with E-state index in [9.17, 15) is 13.5 Å². The van der Waals surface area contributed by atoms with Crippen LogP contribution in [0.2, 0.25) is 5.02 Å². The van der Waals surface area contributed by atoms with Gasteiger partial charge in [0.2, 0.25) is 9.84 Å². The second-order valence-electron chi connectivity index (χ2n) is 5.34. The lowest BCUT2D eigenvalue weighted by molar-refractivity contribution is 0.280. The molecule has 0 spiro atoms. The maximum atomic E-state index is 12.9. The molecule has 0 unspecified atom stereocenters. The minimum atomic E-state index is -3.81. The summed E-state index contributed by atoms with van der Waals surface area (Å²) in [5.41, 5.74) is 0.802. The Hall–Kier alpha value is -2.50. The molecule has 25 heavy (non-hydrogen) atoms. The van der Waals surface area contributed by atoms with E-state index in [-0.39, 0.29) is 27.9 Å². The highest BCUT2D eigenvalue weighted by Crippen LogP contribution is 2.36.